The summed E-state index contributed by atoms with van der Waals surface area (Å²) < 4.78 is 4.55. The van der Waals surface area contributed by atoms with Gasteiger partial charge in [0.2, 0.25) is 5.91 Å². The molecular formula is C14H19NO3S. The fourth-order valence-corrected chi connectivity index (χ4v) is 2.32. The zero-order valence-electron chi connectivity index (χ0n) is 11.5. The SMILES string of the molecule is COC(=O)CCCN(C)C(=O)/C=C/c1sccc1C. The van der Waals surface area contributed by atoms with Crippen LogP contribution in [0.4, 0.5) is 0 Å². The smallest absolute Gasteiger partial charge is 0.305 e. The van der Waals surface area contributed by atoms with Gasteiger partial charge in [0.05, 0.1) is 7.11 Å². The quantitative estimate of drug-likeness (QED) is 0.594. The summed E-state index contributed by atoms with van der Waals surface area (Å²) in [5.74, 6) is -0.303. The third kappa shape index (κ3) is 5.26. The molecule has 0 N–H and O–H groups in total. The molecule has 1 aromatic rings. The summed E-state index contributed by atoms with van der Waals surface area (Å²) >= 11 is 1.61. The summed E-state index contributed by atoms with van der Waals surface area (Å²) in [6, 6.07) is 2.02. The molecule has 0 aliphatic carbocycles. The van der Waals surface area contributed by atoms with Gasteiger partial charge in [-0.2, -0.15) is 0 Å². The number of methoxy groups -OCH3 is 1. The van der Waals surface area contributed by atoms with Crippen LogP contribution in [0.5, 0.6) is 0 Å². The molecule has 0 aliphatic rings. The Morgan fingerprint density at radius 2 is 2.21 bits per heavy atom. The van der Waals surface area contributed by atoms with Crippen molar-refractivity contribution in [2.45, 2.75) is 19.8 Å². The van der Waals surface area contributed by atoms with Crippen LogP contribution in [0.15, 0.2) is 17.5 Å². The largest absolute Gasteiger partial charge is 0.469 e. The second-order valence-corrected chi connectivity index (χ2v) is 5.19. The number of aryl methyl sites for hydroxylation is 1. The lowest BCUT2D eigenvalue weighted by Gasteiger charge is -2.14. The number of amides is 1. The van der Waals surface area contributed by atoms with Gasteiger partial charge in [-0.25, -0.2) is 0 Å². The molecule has 1 amide bonds. The van der Waals surface area contributed by atoms with Gasteiger partial charge < -0.3 is 9.64 Å². The molecule has 0 spiro atoms. The maximum atomic E-state index is 11.8. The molecule has 0 bridgehead atoms. The van der Waals surface area contributed by atoms with Gasteiger partial charge in [-0.05, 0) is 36.4 Å². The van der Waals surface area contributed by atoms with Crippen molar-refractivity contribution in [3.63, 3.8) is 0 Å². The molecule has 4 nitrogen and oxygen atoms in total. The van der Waals surface area contributed by atoms with Gasteiger partial charge >= 0.3 is 5.97 Å². The van der Waals surface area contributed by atoms with E-state index in [2.05, 4.69) is 4.74 Å². The van der Waals surface area contributed by atoms with Crippen molar-refractivity contribution in [2.75, 3.05) is 20.7 Å². The third-order valence-corrected chi connectivity index (χ3v) is 3.74. The first-order valence-electron chi connectivity index (χ1n) is 6.08. The molecule has 0 saturated heterocycles. The highest BCUT2D eigenvalue weighted by Crippen LogP contribution is 2.17. The molecule has 1 rings (SSSR count). The van der Waals surface area contributed by atoms with Crippen molar-refractivity contribution in [3.8, 4) is 0 Å². The highest BCUT2D eigenvalue weighted by Gasteiger charge is 2.07. The molecule has 104 valence electrons. The number of esters is 1. The van der Waals surface area contributed by atoms with Crippen molar-refractivity contribution in [3.05, 3.63) is 28.0 Å². The number of carbonyl (C=O) groups is 2. The van der Waals surface area contributed by atoms with E-state index in [1.807, 2.05) is 24.4 Å². The number of hydrogen-bond donors (Lipinski definition) is 0. The number of nitrogens with zero attached hydrogens (tertiary/aromatic N) is 1. The second-order valence-electron chi connectivity index (χ2n) is 4.24. The van der Waals surface area contributed by atoms with Gasteiger partial charge in [0, 0.05) is 31.0 Å². The molecule has 5 heteroatoms. The van der Waals surface area contributed by atoms with Crippen LogP contribution in [0, 0.1) is 6.92 Å². The average Bonchev–Trinajstić information content (AvgIpc) is 2.81. The summed E-state index contributed by atoms with van der Waals surface area (Å²) in [5, 5.41) is 2.00. The standard InChI is InChI=1S/C14H19NO3S/c1-11-8-10-19-12(11)6-7-13(16)15(2)9-4-5-14(17)18-3/h6-8,10H,4-5,9H2,1-3H3/b7-6+. The minimum absolute atomic E-state index is 0.0577. The molecule has 0 radical (unpaired) electrons. The van der Waals surface area contributed by atoms with Crippen molar-refractivity contribution in [1.29, 1.82) is 0 Å². The maximum Gasteiger partial charge on any atom is 0.305 e. The highest BCUT2D eigenvalue weighted by molar-refractivity contribution is 7.11. The fraction of sp³-hybridized carbons (Fsp3) is 0.429. The van der Waals surface area contributed by atoms with E-state index < -0.39 is 0 Å². The Morgan fingerprint density at radius 1 is 1.47 bits per heavy atom. The average molecular weight is 281 g/mol. The van der Waals surface area contributed by atoms with Crippen molar-refractivity contribution < 1.29 is 14.3 Å². The third-order valence-electron chi connectivity index (χ3n) is 2.76. The van der Waals surface area contributed by atoms with Gasteiger partial charge in [0.1, 0.15) is 0 Å². The molecule has 0 aliphatic heterocycles. The minimum atomic E-state index is -0.245. The van der Waals surface area contributed by atoms with Crippen molar-refractivity contribution in [2.24, 2.45) is 0 Å². The molecule has 0 aromatic carbocycles. The van der Waals surface area contributed by atoms with Crippen LogP contribution < -0.4 is 0 Å². The van der Waals surface area contributed by atoms with Gasteiger partial charge in [-0.1, -0.05) is 0 Å². The second kappa shape index (κ2) is 7.74. The van der Waals surface area contributed by atoms with Crippen LogP contribution in [0.2, 0.25) is 0 Å². The monoisotopic (exact) mass is 281 g/mol. The molecule has 0 fully saturated rings. The zero-order valence-corrected chi connectivity index (χ0v) is 12.3. The normalized spacial score (nSPS) is 10.7. The molecule has 19 heavy (non-hydrogen) atoms. The van der Waals surface area contributed by atoms with Gasteiger partial charge in [-0.3, -0.25) is 9.59 Å². The van der Waals surface area contributed by atoms with Crippen LogP contribution >= 0.6 is 11.3 Å². The Labute approximate surface area is 117 Å². The number of thiophene rings is 1. The number of ether oxygens (including phenoxy) is 1. The number of likely N-dealkylation sites (N-methyl/N-ethyl adjacent to an activating group) is 1. The molecule has 0 atom stereocenters. The maximum absolute atomic E-state index is 11.8. The zero-order chi connectivity index (χ0) is 14.3. The summed E-state index contributed by atoms with van der Waals surface area (Å²) in [7, 11) is 3.09. The predicted molar refractivity (Wildman–Crippen MR) is 77.0 cm³/mol. The van der Waals surface area contributed by atoms with E-state index in [1.54, 1.807) is 29.4 Å². The number of carbonyl (C=O) groups excluding carboxylic acids is 2. The van der Waals surface area contributed by atoms with E-state index >= 15 is 0 Å². The Morgan fingerprint density at radius 3 is 2.79 bits per heavy atom. The minimum Gasteiger partial charge on any atom is -0.469 e. The first-order valence-corrected chi connectivity index (χ1v) is 6.96. The van der Waals surface area contributed by atoms with Crippen LogP contribution in [-0.2, 0) is 14.3 Å². The lowest BCUT2D eigenvalue weighted by atomic mass is 10.2. The van der Waals surface area contributed by atoms with E-state index in [1.165, 1.54) is 12.7 Å². The fourth-order valence-electron chi connectivity index (χ4n) is 1.50. The van der Waals surface area contributed by atoms with E-state index in [9.17, 15) is 9.59 Å². The summed E-state index contributed by atoms with van der Waals surface area (Å²) in [5.41, 5.74) is 1.17. The predicted octanol–water partition coefficient (Wildman–Crippen LogP) is 2.48. The molecule has 1 heterocycles. The Balaban J connectivity index is 2.38. The lowest BCUT2D eigenvalue weighted by molar-refractivity contribution is -0.141. The van der Waals surface area contributed by atoms with Crippen molar-refractivity contribution in [1.82, 2.24) is 4.90 Å². The number of hydrogen-bond acceptors (Lipinski definition) is 4. The molecule has 0 unspecified atom stereocenters. The summed E-state index contributed by atoms with van der Waals surface area (Å²) in [6.07, 6.45) is 4.35. The highest BCUT2D eigenvalue weighted by atomic mass is 32.1. The molecular weight excluding hydrogens is 262 g/mol. The van der Waals surface area contributed by atoms with Crippen LogP contribution in [-0.4, -0.2) is 37.5 Å². The number of rotatable bonds is 6. The lowest BCUT2D eigenvalue weighted by Crippen LogP contribution is -2.26. The topological polar surface area (TPSA) is 46.6 Å². The first-order chi connectivity index (χ1) is 9.04. The van der Waals surface area contributed by atoms with E-state index in [0.29, 0.717) is 19.4 Å². The summed E-state index contributed by atoms with van der Waals surface area (Å²) in [6.45, 7) is 2.56. The van der Waals surface area contributed by atoms with Crippen LogP contribution in [0.1, 0.15) is 23.3 Å². The van der Waals surface area contributed by atoms with E-state index in [0.717, 1.165) is 4.88 Å². The molecule has 0 saturated carbocycles. The van der Waals surface area contributed by atoms with Gasteiger partial charge in [-0.15, -0.1) is 11.3 Å². The Kier molecular flexibility index (Phi) is 6.29. The van der Waals surface area contributed by atoms with Crippen LogP contribution in [0.25, 0.3) is 6.08 Å². The first kappa shape index (κ1) is 15.4. The van der Waals surface area contributed by atoms with Crippen LogP contribution in [0.3, 0.4) is 0 Å². The molecule has 1 aromatic heterocycles. The summed E-state index contributed by atoms with van der Waals surface area (Å²) in [4.78, 5) is 25.5. The van der Waals surface area contributed by atoms with E-state index in [4.69, 9.17) is 0 Å². The van der Waals surface area contributed by atoms with Gasteiger partial charge in [0.25, 0.3) is 0 Å². The van der Waals surface area contributed by atoms with E-state index in [-0.39, 0.29) is 11.9 Å². The van der Waals surface area contributed by atoms with Crippen molar-refractivity contribution >= 4 is 29.3 Å². The Hall–Kier alpha value is -1.62. The van der Waals surface area contributed by atoms with Gasteiger partial charge in [0.15, 0.2) is 0 Å². The Bertz CT molecular complexity index is 465.